The second-order valence-electron chi connectivity index (χ2n) is 6.21. The lowest BCUT2D eigenvalue weighted by Crippen LogP contribution is -2.42. The highest BCUT2D eigenvalue weighted by molar-refractivity contribution is 5.94. The number of aliphatic hydroxyl groups is 1. The van der Waals surface area contributed by atoms with E-state index in [9.17, 15) is 9.90 Å². The highest BCUT2D eigenvalue weighted by atomic mass is 16.3. The van der Waals surface area contributed by atoms with Crippen LogP contribution >= 0.6 is 0 Å². The van der Waals surface area contributed by atoms with Gasteiger partial charge in [-0.2, -0.15) is 5.10 Å². The van der Waals surface area contributed by atoms with E-state index < -0.39 is 5.60 Å². The molecule has 0 aliphatic heterocycles. The van der Waals surface area contributed by atoms with Crippen LogP contribution in [-0.2, 0) is 0 Å². The average molecular weight is 314 g/mol. The second kappa shape index (κ2) is 6.91. The number of benzene rings is 1. The van der Waals surface area contributed by atoms with Crippen LogP contribution < -0.4 is 5.32 Å². The smallest absolute Gasteiger partial charge is 0.251 e. The Hall–Kier alpha value is -2.21. The van der Waals surface area contributed by atoms with Crippen molar-refractivity contribution in [3.05, 3.63) is 42.5 Å². The lowest BCUT2D eigenvalue weighted by Gasteiger charge is -2.26. The number of nitrogens with one attached hydrogen (secondary N) is 1. The molecule has 3 rings (SSSR count). The number of carbonyl (C=O) groups is 1. The third kappa shape index (κ3) is 3.96. The molecule has 122 valence electrons. The zero-order valence-electron chi connectivity index (χ0n) is 13.1. The summed E-state index contributed by atoms with van der Waals surface area (Å²) in [7, 11) is 0. The van der Waals surface area contributed by atoms with Crippen molar-refractivity contribution in [2.45, 2.75) is 44.1 Å². The van der Waals surface area contributed by atoms with Crippen molar-refractivity contribution in [3.8, 4) is 5.69 Å². The van der Waals surface area contributed by atoms with Crippen molar-refractivity contribution >= 4 is 5.91 Å². The number of amides is 1. The molecule has 0 saturated heterocycles. The molecule has 1 fully saturated rings. The van der Waals surface area contributed by atoms with Crippen molar-refractivity contribution in [2.24, 2.45) is 0 Å². The molecule has 1 aliphatic rings. The minimum atomic E-state index is -0.768. The molecule has 23 heavy (non-hydrogen) atoms. The third-order valence-corrected chi connectivity index (χ3v) is 4.40. The fraction of sp³-hybridized carbons (Fsp3) is 0.471. The Kier molecular flexibility index (Phi) is 4.71. The van der Waals surface area contributed by atoms with Gasteiger partial charge in [0.25, 0.3) is 5.91 Å². The molecule has 6 heteroatoms. The summed E-state index contributed by atoms with van der Waals surface area (Å²) in [6, 6.07) is 7.20. The van der Waals surface area contributed by atoms with Crippen molar-refractivity contribution in [2.75, 3.05) is 6.54 Å². The van der Waals surface area contributed by atoms with E-state index in [4.69, 9.17) is 0 Å². The van der Waals surface area contributed by atoms with E-state index in [0.717, 1.165) is 44.2 Å². The Balaban J connectivity index is 1.65. The summed E-state index contributed by atoms with van der Waals surface area (Å²) in [5, 5.41) is 17.6. The SMILES string of the molecule is O=C(NCC1(O)CCCCCC1)c1cccc(-n2cncn2)c1. The Labute approximate surface area is 135 Å². The van der Waals surface area contributed by atoms with Crippen LogP contribution in [0.1, 0.15) is 48.9 Å². The monoisotopic (exact) mass is 314 g/mol. The molecule has 1 aromatic heterocycles. The van der Waals surface area contributed by atoms with Crippen LogP contribution in [0.2, 0.25) is 0 Å². The summed E-state index contributed by atoms with van der Waals surface area (Å²) < 4.78 is 1.61. The molecule has 0 spiro atoms. The first-order valence-corrected chi connectivity index (χ1v) is 8.12. The van der Waals surface area contributed by atoms with E-state index >= 15 is 0 Å². The first-order chi connectivity index (χ1) is 11.2. The molecule has 2 N–H and O–H groups in total. The normalized spacial score (nSPS) is 17.4. The van der Waals surface area contributed by atoms with Crippen LogP contribution in [0.4, 0.5) is 0 Å². The van der Waals surface area contributed by atoms with Gasteiger partial charge in [0.2, 0.25) is 0 Å². The molecule has 1 aliphatic carbocycles. The molecule has 1 amide bonds. The average Bonchev–Trinajstić information content (AvgIpc) is 3.02. The first kappa shape index (κ1) is 15.7. The van der Waals surface area contributed by atoms with Crippen LogP contribution in [0.3, 0.4) is 0 Å². The highest BCUT2D eigenvalue weighted by Gasteiger charge is 2.28. The molecule has 0 radical (unpaired) electrons. The number of carbonyl (C=O) groups excluding carboxylic acids is 1. The largest absolute Gasteiger partial charge is 0.388 e. The zero-order chi connectivity index (χ0) is 16.1. The highest BCUT2D eigenvalue weighted by Crippen LogP contribution is 2.26. The fourth-order valence-corrected chi connectivity index (χ4v) is 3.04. The van der Waals surface area contributed by atoms with Gasteiger partial charge < -0.3 is 10.4 Å². The van der Waals surface area contributed by atoms with E-state index in [2.05, 4.69) is 15.4 Å². The Morgan fingerprint density at radius 1 is 1.26 bits per heavy atom. The van der Waals surface area contributed by atoms with E-state index in [0.29, 0.717) is 12.1 Å². The predicted molar refractivity (Wildman–Crippen MR) is 86.3 cm³/mol. The van der Waals surface area contributed by atoms with Gasteiger partial charge in [-0.1, -0.05) is 31.7 Å². The molecule has 0 bridgehead atoms. The van der Waals surface area contributed by atoms with E-state index in [1.54, 1.807) is 23.1 Å². The minimum Gasteiger partial charge on any atom is -0.388 e. The fourth-order valence-electron chi connectivity index (χ4n) is 3.04. The van der Waals surface area contributed by atoms with Crippen LogP contribution in [0, 0.1) is 0 Å². The lowest BCUT2D eigenvalue weighted by molar-refractivity contribution is 0.0246. The van der Waals surface area contributed by atoms with Gasteiger partial charge in [-0.05, 0) is 31.0 Å². The number of hydrogen-bond acceptors (Lipinski definition) is 4. The van der Waals surface area contributed by atoms with Gasteiger partial charge in [-0.3, -0.25) is 4.79 Å². The Morgan fingerprint density at radius 2 is 2.04 bits per heavy atom. The van der Waals surface area contributed by atoms with Crippen molar-refractivity contribution in [1.29, 1.82) is 0 Å². The van der Waals surface area contributed by atoms with Gasteiger partial charge in [0.15, 0.2) is 0 Å². The van der Waals surface area contributed by atoms with Gasteiger partial charge in [0.05, 0.1) is 11.3 Å². The van der Waals surface area contributed by atoms with Crippen LogP contribution in [0.5, 0.6) is 0 Å². The molecule has 1 aromatic carbocycles. The van der Waals surface area contributed by atoms with Gasteiger partial charge >= 0.3 is 0 Å². The second-order valence-corrected chi connectivity index (χ2v) is 6.21. The number of aromatic nitrogens is 3. The molecule has 1 saturated carbocycles. The quantitative estimate of drug-likeness (QED) is 0.847. The number of rotatable bonds is 4. The molecule has 0 atom stereocenters. The maximum absolute atomic E-state index is 12.4. The summed E-state index contributed by atoms with van der Waals surface area (Å²) in [6.45, 7) is 0.305. The van der Waals surface area contributed by atoms with E-state index in [-0.39, 0.29) is 5.91 Å². The van der Waals surface area contributed by atoms with E-state index in [1.165, 1.54) is 6.33 Å². The predicted octanol–water partition coefficient (Wildman–Crippen LogP) is 2.08. The molecule has 1 heterocycles. The summed E-state index contributed by atoms with van der Waals surface area (Å²) in [4.78, 5) is 16.3. The van der Waals surface area contributed by atoms with Gasteiger partial charge in [0.1, 0.15) is 12.7 Å². The topological polar surface area (TPSA) is 80.0 Å². The van der Waals surface area contributed by atoms with Crippen LogP contribution in [-0.4, -0.2) is 37.9 Å². The Bertz CT molecular complexity index is 646. The minimum absolute atomic E-state index is 0.176. The van der Waals surface area contributed by atoms with Gasteiger partial charge in [0, 0.05) is 12.1 Å². The van der Waals surface area contributed by atoms with Gasteiger partial charge in [-0.25, -0.2) is 9.67 Å². The van der Waals surface area contributed by atoms with Crippen LogP contribution in [0.15, 0.2) is 36.9 Å². The standard InChI is InChI=1S/C17H22N4O2/c22-16(19-11-17(23)8-3-1-2-4-9-17)14-6-5-7-15(10-14)21-13-18-12-20-21/h5-7,10,12-13,23H,1-4,8-9,11H2,(H,19,22). The van der Waals surface area contributed by atoms with Crippen molar-refractivity contribution in [3.63, 3.8) is 0 Å². The maximum atomic E-state index is 12.4. The number of nitrogens with zero attached hydrogens (tertiary/aromatic N) is 3. The molecular formula is C17H22N4O2. The lowest BCUT2D eigenvalue weighted by atomic mass is 9.94. The van der Waals surface area contributed by atoms with Crippen molar-refractivity contribution in [1.82, 2.24) is 20.1 Å². The molecule has 6 nitrogen and oxygen atoms in total. The molecular weight excluding hydrogens is 292 g/mol. The maximum Gasteiger partial charge on any atom is 0.251 e. The molecule has 2 aromatic rings. The third-order valence-electron chi connectivity index (χ3n) is 4.40. The van der Waals surface area contributed by atoms with Crippen LogP contribution in [0.25, 0.3) is 5.69 Å². The summed E-state index contributed by atoms with van der Waals surface area (Å²) in [5.74, 6) is -0.176. The van der Waals surface area contributed by atoms with E-state index in [1.807, 2.05) is 12.1 Å². The summed E-state index contributed by atoms with van der Waals surface area (Å²) in [6.07, 6.45) is 8.92. The van der Waals surface area contributed by atoms with Crippen molar-refractivity contribution < 1.29 is 9.90 Å². The first-order valence-electron chi connectivity index (χ1n) is 8.12. The molecule has 0 unspecified atom stereocenters. The number of hydrogen-bond donors (Lipinski definition) is 2. The summed E-state index contributed by atoms with van der Waals surface area (Å²) in [5.41, 5.74) is 0.564. The van der Waals surface area contributed by atoms with Gasteiger partial charge in [-0.15, -0.1) is 0 Å². The zero-order valence-corrected chi connectivity index (χ0v) is 13.1. The summed E-state index contributed by atoms with van der Waals surface area (Å²) >= 11 is 0. The Morgan fingerprint density at radius 3 is 2.74 bits per heavy atom.